The van der Waals surface area contributed by atoms with Crippen LogP contribution in [0.2, 0.25) is 4.47 Å². The summed E-state index contributed by atoms with van der Waals surface area (Å²) >= 11 is -0.338. The van der Waals surface area contributed by atoms with E-state index in [1.165, 1.54) is 10.5 Å². The zero-order valence-corrected chi connectivity index (χ0v) is 13.1. The second-order valence-electron chi connectivity index (χ2n) is 4.13. The molecule has 0 heterocycles. The third kappa shape index (κ3) is 4.70. The molecule has 0 aliphatic carbocycles. The van der Waals surface area contributed by atoms with Crippen LogP contribution in [0.15, 0.2) is 60.7 Å². The van der Waals surface area contributed by atoms with Crippen molar-refractivity contribution in [1.82, 2.24) is 0 Å². The fourth-order valence-electron chi connectivity index (χ4n) is 1.75. The number of benzene rings is 2. The Balaban J connectivity index is 2.04. The number of carbonyl (C=O) groups excluding carboxylic acids is 1. The first-order chi connectivity index (χ1) is 9.25. The minimum absolute atomic E-state index is 0.110. The zero-order chi connectivity index (χ0) is 13.5. The van der Waals surface area contributed by atoms with Crippen LogP contribution >= 0.6 is 0 Å². The standard InChI is InChI=1S/C16H16O2Te/c1-13(17)18-16(14-8-4-2-5-9-14)12-19-15-10-6-3-7-11-15/h2-11,16H,12H2,1H3/t16-/m0/s1. The third-order valence-electron chi connectivity index (χ3n) is 2.62. The van der Waals surface area contributed by atoms with Crippen molar-refractivity contribution in [3.63, 3.8) is 0 Å². The van der Waals surface area contributed by atoms with E-state index in [1.54, 1.807) is 0 Å². The number of rotatable bonds is 5. The van der Waals surface area contributed by atoms with Crippen LogP contribution in [0.1, 0.15) is 18.6 Å². The Kier molecular flexibility index (Phi) is 5.44. The first-order valence-corrected chi connectivity index (χ1v) is 8.97. The van der Waals surface area contributed by atoms with Gasteiger partial charge in [0.25, 0.3) is 0 Å². The van der Waals surface area contributed by atoms with E-state index in [2.05, 4.69) is 24.3 Å². The predicted molar refractivity (Wildman–Crippen MR) is 77.6 cm³/mol. The van der Waals surface area contributed by atoms with Gasteiger partial charge in [0, 0.05) is 0 Å². The molecule has 3 heteroatoms. The van der Waals surface area contributed by atoms with Crippen molar-refractivity contribution in [1.29, 1.82) is 0 Å². The summed E-state index contributed by atoms with van der Waals surface area (Å²) in [7, 11) is 0. The third-order valence-corrected chi connectivity index (χ3v) is 5.69. The summed E-state index contributed by atoms with van der Waals surface area (Å²) in [4.78, 5) is 11.2. The molecule has 0 saturated carbocycles. The summed E-state index contributed by atoms with van der Waals surface area (Å²) in [6.45, 7) is 1.47. The molecule has 0 aliphatic rings. The van der Waals surface area contributed by atoms with Gasteiger partial charge in [-0.3, -0.25) is 0 Å². The Hall–Kier alpha value is -1.30. The molecule has 0 spiro atoms. The van der Waals surface area contributed by atoms with Crippen molar-refractivity contribution >= 4 is 30.5 Å². The summed E-state index contributed by atoms with van der Waals surface area (Å²) < 4.78 is 7.77. The van der Waals surface area contributed by atoms with Gasteiger partial charge < -0.3 is 0 Å². The second kappa shape index (κ2) is 7.33. The van der Waals surface area contributed by atoms with Crippen LogP contribution in [-0.4, -0.2) is 26.9 Å². The summed E-state index contributed by atoms with van der Waals surface area (Å²) in [6.07, 6.45) is -0.110. The van der Waals surface area contributed by atoms with Gasteiger partial charge in [-0.2, -0.15) is 0 Å². The number of hydrogen-bond acceptors (Lipinski definition) is 2. The van der Waals surface area contributed by atoms with E-state index in [4.69, 9.17) is 4.74 Å². The fraction of sp³-hybridized carbons (Fsp3) is 0.188. The van der Waals surface area contributed by atoms with Gasteiger partial charge in [0.2, 0.25) is 0 Å². The van der Waals surface area contributed by atoms with Gasteiger partial charge in [-0.25, -0.2) is 0 Å². The summed E-state index contributed by atoms with van der Waals surface area (Å²) in [5, 5.41) is 0. The van der Waals surface area contributed by atoms with Gasteiger partial charge >= 0.3 is 124 Å². The van der Waals surface area contributed by atoms with E-state index in [1.807, 2.05) is 36.4 Å². The monoisotopic (exact) mass is 370 g/mol. The Morgan fingerprint density at radius 2 is 1.63 bits per heavy atom. The van der Waals surface area contributed by atoms with Crippen LogP contribution in [-0.2, 0) is 9.53 Å². The normalized spacial score (nSPS) is 11.8. The number of carbonyl (C=O) groups is 1. The van der Waals surface area contributed by atoms with E-state index in [9.17, 15) is 4.79 Å². The van der Waals surface area contributed by atoms with Gasteiger partial charge in [0.05, 0.1) is 0 Å². The Bertz CT molecular complexity index is 511. The molecule has 1 atom stereocenters. The molecule has 0 aliphatic heterocycles. The van der Waals surface area contributed by atoms with Crippen LogP contribution in [0, 0.1) is 0 Å². The molecule has 2 nitrogen and oxygen atoms in total. The van der Waals surface area contributed by atoms with E-state index >= 15 is 0 Å². The molecular weight excluding hydrogens is 352 g/mol. The second-order valence-corrected chi connectivity index (χ2v) is 7.25. The van der Waals surface area contributed by atoms with Crippen LogP contribution in [0.5, 0.6) is 0 Å². The number of esters is 1. The molecule has 19 heavy (non-hydrogen) atoms. The quantitative estimate of drug-likeness (QED) is 0.600. The molecule has 0 aromatic heterocycles. The van der Waals surface area contributed by atoms with Gasteiger partial charge in [-0.05, 0) is 0 Å². The maximum atomic E-state index is 11.2. The van der Waals surface area contributed by atoms with Crippen LogP contribution in [0.3, 0.4) is 0 Å². The molecule has 0 radical (unpaired) electrons. The zero-order valence-electron chi connectivity index (χ0n) is 10.8. The van der Waals surface area contributed by atoms with Crippen LogP contribution < -0.4 is 3.61 Å². The van der Waals surface area contributed by atoms with Crippen molar-refractivity contribution < 1.29 is 9.53 Å². The summed E-state index contributed by atoms with van der Waals surface area (Å²) in [5.74, 6) is -0.214. The van der Waals surface area contributed by atoms with Gasteiger partial charge in [-0.1, -0.05) is 0 Å². The molecule has 0 amide bonds. The van der Waals surface area contributed by atoms with Crippen molar-refractivity contribution in [2.45, 2.75) is 17.5 Å². The molecule has 2 aromatic carbocycles. The van der Waals surface area contributed by atoms with Crippen LogP contribution in [0.4, 0.5) is 0 Å². The molecule has 0 N–H and O–H groups in total. The summed E-state index contributed by atoms with van der Waals surface area (Å²) in [5.41, 5.74) is 1.08. The summed E-state index contributed by atoms with van der Waals surface area (Å²) in [6, 6.07) is 20.4. The van der Waals surface area contributed by atoms with Gasteiger partial charge in [0.1, 0.15) is 0 Å². The van der Waals surface area contributed by atoms with Crippen molar-refractivity contribution in [3.8, 4) is 0 Å². The van der Waals surface area contributed by atoms with Crippen LogP contribution in [0.25, 0.3) is 0 Å². The van der Waals surface area contributed by atoms with Gasteiger partial charge in [-0.15, -0.1) is 0 Å². The van der Waals surface area contributed by atoms with Crippen molar-refractivity contribution in [3.05, 3.63) is 66.2 Å². The number of ether oxygens (including phenoxy) is 1. The van der Waals surface area contributed by atoms with Gasteiger partial charge in [0.15, 0.2) is 0 Å². The predicted octanol–water partition coefficient (Wildman–Crippen LogP) is 2.74. The Labute approximate surface area is 123 Å². The van der Waals surface area contributed by atoms with E-state index in [-0.39, 0.29) is 33.0 Å². The molecular formula is C16H16O2Te. The average molecular weight is 368 g/mol. The molecule has 0 bridgehead atoms. The SMILES string of the molecule is CC(=O)O[C@@H](C[Te]c1ccccc1)c1ccccc1. The molecule has 0 saturated heterocycles. The first-order valence-electron chi connectivity index (χ1n) is 6.16. The minimum atomic E-state index is -0.338. The molecule has 0 unspecified atom stereocenters. The average Bonchev–Trinajstić information content (AvgIpc) is 2.45. The van der Waals surface area contributed by atoms with Crippen molar-refractivity contribution in [2.75, 3.05) is 0 Å². The molecule has 98 valence electrons. The van der Waals surface area contributed by atoms with E-state index in [0.29, 0.717) is 0 Å². The first kappa shape index (κ1) is 14.1. The Morgan fingerprint density at radius 3 is 2.21 bits per heavy atom. The fourth-order valence-corrected chi connectivity index (χ4v) is 4.48. The van der Waals surface area contributed by atoms with E-state index in [0.717, 1.165) is 10.0 Å². The maximum absolute atomic E-state index is 11.2. The van der Waals surface area contributed by atoms with E-state index < -0.39 is 0 Å². The molecule has 2 aromatic rings. The molecule has 2 rings (SSSR count). The number of hydrogen-bond donors (Lipinski definition) is 0. The van der Waals surface area contributed by atoms with Crippen molar-refractivity contribution in [2.24, 2.45) is 0 Å². The Morgan fingerprint density at radius 1 is 1.05 bits per heavy atom. The topological polar surface area (TPSA) is 26.3 Å². The molecule has 0 fully saturated rings.